The van der Waals surface area contributed by atoms with Crippen molar-refractivity contribution in [1.29, 1.82) is 0 Å². The van der Waals surface area contributed by atoms with Gasteiger partial charge < -0.3 is 19.9 Å². The number of amides is 2. The molecule has 0 saturated heterocycles. The van der Waals surface area contributed by atoms with Crippen LogP contribution in [0.4, 0.5) is 0 Å². The average Bonchev–Trinajstić information content (AvgIpc) is 2.89. The molecule has 7 heteroatoms. The van der Waals surface area contributed by atoms with Gasteiger partial charge in [0.05, 0.1) is 13.2 Å². The summed E-state index contributed by atoms with van der Waals surface area (Å²) in [6.45, 7) is 4.78. The fourth-order valence-electron chi connectivity index (χ4n) is 4.98. The minimum atomic E-state index is -0.545. The van der Waals surface area contributed by atoms with Crippen molar-refractivity contribution in [3.8, 4) is 5.75 Å². The molecule has 2 amide bonds. The number of methoxy groups -OCH3 is 1. The number of nitrogens with zero attached hydrogens (tertiary/aromatic N) is 1. The molecule has 0 radical (unpaired) electrons. The molecule has 1 heterocycles. The van der Waals surface area contributed by atoms with Gasteiger partial charge in [-0.15, -0.1) is 0 Å². The van der Waals surface area contributed by atoms with Gasteiger partial charge in [0.1, 0.15) is 16.9 Å². The van der Waals surface area contributed by atoms with E-state index in [4.69, 9.17) is 4.74 Å². The summed E-state index contributed by atoms with van der Waals surface area (Å²) in [5, 5.41) is 7.73. The second kappa shape index (κ2) is 11.4. The second-order valence-corrected chi connectivity index (χ2v) is 9.64. The molecule has 1 fully saturated rings. The summed E-state index contributed by atoms with van der Waals surface area (Å²) in [5.74, 6) is 0.334. The van der Waals surface area contributed by atoms with Crippen LogP contribution in [0, 0.1) is 5.92 Å². The van der Waals surface area contributed by atoms with Crippen molar-refractivity contribution in [2.75, 3.05) is 13.7 Å². The molecule has 7 nitrogen and oxygen atoms in total. The quantitative estimate of drug-likeness (QED) is 0.474. The number of nitrogens with one attached hydrogen (secondary N) is 2. The van der Waals surface area contributed by atoms with E-state index < -0.39 is 17.2 Å². The predicted octanol–water partition coefficient (Wildman–Crippen LogP) is 4.83. The van der Waals surface area contributed by atoms with Gasteiger partial charge in [-0.25, -0.2) is 0 Å². The highest BCUT2D eigenvalue weighted by Crippen LogP contribution is 2.26. The van der Waals surface area contributed by atoms with Gasteiger partial charge in [0, 0.05) is 25.5 Å². The number of aromatic nitrogens is 1. The van der Waals surface area contributed by atoms with Crippen LogP contribution in [-0.4, -0.2) is 30.0 Å². The van der Waals surface area contributed by atoms with Gasteiger partial charge in [0.2, 0.25) is 5.43 Å². The highest BCUT2D eigenvalue weighted by Gasteiger charge is 2.22. The van der Waals surface area contributed by atoms with Crippen molar-refractivity contribution in [1.82, 2.24) is 15.2 Å². The Kier molecular flexibility index (Phi) is 8.08. The van der Waals surface area contributed by atoms with Crippen LogP contribution in [0.15, 0.2) is 53.6 Å². The Balaban J connectivity index is 1.60. The number of benzene rings is 2. The van der Waals surface area contributed by atoms with E-state index in [0.717, 1.165) is 34.9 Å². The molecule has 0 unspecified atom stereocenters. The number of ether oxygens (including phenoxy) is 1. The number of carbonyl (C=O) groups is 2. The fourth-order valence-corrected chi connectivity index (χ4v) is 4.98. The number of hydrogen-bond donors (Lipinski definition) is 2. The summed E-state index contributed by atoms with van der Waals surface area (Å²) in [7, 11) is 1.64. The highest BCUT2D eigenvalue weighted by atomic mass is 16.5. The lowest BCUT2D eigenvalue weighted by Gasteiger charge is -2.23. The van der Waals surface area contributed by atoms with E-state index in [1.165, 1.54) is 19.3 Å². The van der Waals surface area contributed by atoms with Gasteiger partial charge in [-0.3, -0.25) is 14.4 Å². The van der Waals surface area contributed by atoms with E-state index in [-0.39, 0.29) is 17.2 Å². The molecule has 3 aromatic rings. The number of hydrogen-bond acceptors (Lipinski definition) is 4. The molecule has 1 aromatic heterocycles. The van der Waals surface area contributed by atoms with E-state index in [2.05, 4.69) is 10.6 Å². The molecule has 1 atom stereocenters. The maximum absolute atomic E-state index is 13.3. The smallest absolute Gasteiger partial charge is 0.257 e. The van der Waals surface area contributed by atoms with Crippen molar-refractivity contribution in [2.24, 2.45) is 5.92 Å². The van der Waals surface area contributed by atoms with Gasteiger partial charge in [-0.2, -0.15) is 0 Å². The molecule has 0 bridgehead atoms. The van der Waals surface area contributed by atoms with Crippen LogP contribution < -0.4 is 20.8 Å². The van der Waals surface area contributed by atoms with E-state index in [9.17, 15) is 14.4 Å². The third kappa shape index (κ3) is 5.78. The van der Waals surface area contributed by atoms with Crippen LogP contribution in [0.25, 0.3) is 10.8 Å². The maximum Gasteiger partial charge on any atom is 0.257 e. The normalized spacial score (nSPS) is 14.9. The molecule has 1 saturated carbocycles. The topological polar surface area (TPSA) is 89.4 Å². The lowest BCUT2D eigenvalue weighted by atomic mass is 9.89. The second-order valence-electron chi connectivity index (χ2n) is 9.64. The third-order valence-corrected chi connectivity index (χ3v) is 7.02. The Labute approximate surface area is 211 Å². The monoisotopic (exact) mass is 489 g/mol. The van der Waals surface area contributed by atoms with Gasteiger partial charge in [0.25, 0.3) is 11.8 Å². The molecule has 190 valence electrons. The number of pyridine rings is 1. The molecule has 0 spiro atoms. The van der Waals surface area contributed by atoms with Crippen LogP contribution in [0.3, 0.4) is 0 Å². The summed E-state index contributed by atoms with van der Waals surface area (Å²) < 4.78 is 7.15. The first kappa shape index (κ1) is 25.5. The largest absolute Gasteiger partial charge is 0.497 e. The van der Waals surface area contributed by atoms with Gasteiger partial charge >= 0.3 is 0 Å². The molecule has 4 rings (SSSR count). The van der Waals surface area contributed by atoms with Crippen LogP contribution in [-0.2, 0) is 6.54 Å². The summed E-state index contributed by atoms with van der Waals surface area (Å²) in [6.07, 6.45) is 9.08. The zero-order valence-corrected chi connectivity index (χ0v) is 21.3. The van der Waals surface area contributed by atoms with E-state index in [0.29, 0.717) is 19.0 Å². The van der Waals surface area contributed by atoms with E-state index >= 15 is 0 Å². The molecule has 2 N–H and O–H groups in total. The van der Waals surface area contributed by atoms with Crippen LogP contribution in [0.1, 0.15) is 78.3 Å². The zero-order chi connectivity index (χ0) is 25.7. The number of fused-ring (bicyclic) bond motifs is 1. The number of carbonyl (C=O) groups excluding carboxylic acids is 2. The van der Waals surface area contributed by atoms with Crippen molar-refractivity contribution in [2.45, 2.75) is 58.5 Å². The Morgan fingerprint density at radius 3 is 2.36 bits per heavy atom. The van der Waals surface area contributed by atoms with Gasteiger partial charge in [-0.1, -0.05) is 37.5 Å². The Morgan fingerprint density at radius 1 is 1.00 bits per heavy atom. The Hall–Kier alpha value is -3.61. The van der Waals surface area contributed by atoms with Crippen molar-refractivity contribution in [3.63, 3.8) is 0 Å². The lowest BCUT2D eigenvalue weighted by Crippen LogP contribution is -2.36. The summed E-state index contributed by atoms with van der Waals surface area (Å²) in [4.78, 5) is 39.1. The molecule has 0 aliphatic heterocycles. The van der Waals surface area contributed by atoms with Crippen LogP contribution in [0.5, 0.6) is 5.75 Å². The standard InChI is InChI=1S/C29H35N3O4/c1-4-30-28(34)25-17-32(16-20-8-6-5-7-9-20)18-26(27(25)33)29(35)31-19(2)21-10-11-23-15-24(36-3)13-12-22(23)14-21/h10-15,17-20H,4-9,16H2,1-3H3,(H,30,34)(H,31,35)/t19-/m0/s1. The first-order valence-corrected chi connectivity index (χ1v) is 12.8. The summed E-state index contributed by atoms with van der Waals surface area (Å²) >= 11 is 0. The highest BCUT2D eigenvalue weighted by molar-refractivity contribution is 5.99. The van der Waals surface area contributed by atoms with Gasteiger partial charge in [-0.05, 0) is 67.1 Å². The molecule has 2 aromatic carbocycles. The third-order valence-electron chi connectivity index (χ3n) is 7.02. The van der Waals surface area contributed by atoms with E-state index in [1.54, 1.807) is 26.4 Å². The molecule has 36 heavy (non-hydrogen) atoms. The lowest BCUT2D eigenvalue weighted by molar-refractivity contribution is 0.0937. The van der Waals surface area contributed by atoms with Crippen molar-refractivity contribution >= 4 is 22.6 Å². The molecular formula is C29H35N3O4. The number of rotatable bonds is 8. The van der Waals surface area contributed by atoms with Crippen molar-refractivity contribution < 1.29 is 14.3 Å². The fraction of sp³-hybridized carbons (Fsp3) is 0.414. The first-order chi connectivity index (χ1) is 17.4. The predicted molar refractivity (Wildman–Crippen MR) is 142 cm³/mol. The van der Waals surface area contributed by atoms with E-state index in [1.807, 2.05) is 47.9 Å². The van der Waals surface area contributed by atoms with Crippen molar-refractivity contribution in [3.05, 3.63) is 75.7 Å². The summed E-state index contributed by atoms with van der Waals surface area (Å²) in [5.41, 5.74) is 0.374. The van der Waals surface area contributed by atoms with Crippen LogP contribution >= 0.6 is 0 Å². The molecule has 1 aliphatic carbocycles. The minimum Gasteiger partial charge on any atom is -0.497 e. The molecular weight excluding hydrogens is 454 g/mol. The van der Waals surface area contributed by atoms with Gasteiger partial charge in [0.15, 0.2) is 0 Å². The first-order valence-electron chi connectivity index (χ1n) is 12.8. The minimum absolute atomic E-state index is 0.00705. The zero-order valence-electron chi connectivity index (χ0n) is 21.3. The summed E-state index contributed by atoms with van der Waals surface area (Å²) in [6, 6.07) is 11.5. The Morgan fingerprint density at radius 2 is 1.67 bits per heavy atom. The SMILES string of the molecule is CCNC(=O)c1cn(CC2CCCCC2)cc(C(=O)N[C@@H](C)c2ccc3cc(OC)ccc3c2)c1=O. The molecule has 1 aliphatic rings. The maximum atomic E-state index is 13.3. The van der Waals surface area contributed by atoms with Crippen LogP contribution in [0.2, 0.25) is 0 Å². The average molecular weight is 490 g/mol. The Bertz CT molecular complexity index is 1310.